The summed E-state index contributed by atoms with van der Waals surface area (Å²) in [5, 5.41) is 2.97. The fraction of sp³-hybridized carbons (Fsp3) is 0.182. The summed E-state index contributed by atoms with van der Waals surface area (Å²) in [7, 11) is 0. The number of nitrogens with one attached hydrogen (secondary N) is 1. The van der Waals surface area contributed by atoms with Gasteiger partial charge in [-0.2, -0.15) is 0 Å². The first-order valence-electron chi connectivity index (χ1n) is 8.59. The van der Waals surface area contributed by atoms with Crippen molar-refractivity contribution in [1.29, 1.82) is 0 Å². The van der Waals surface area contributed by atoms with Crippen LogP contribution < -0.4 is 5.32 Å². The summed E-state index contributed by atoms with van der Waals surface area (Å²) in [6.07, 6.45) is 3.81. The highest BCUT2D eigenvalue weighted by molar-refractivity contribution is 7.14. The Morgan fingerprint density at radius 3 is 2.81 bits per heavy atom. The molecule has 1 N–H and O–H groups in total. The minimum Gasteiger partial charge on any atom is -0.321 e. The van der Waals surface area contributed by atoms with Gasteiger partial charge < -0.3 is 5.32 Å². The van der Waals surface area contributed by atoms with E-state index in [4.69, 9.17) is 0 Å². The average molecular weight is 360 g/mol. The predicted molar refractivity (Wildman–Crippen MR) is 108 cm³/mol. The molecule has 26 heavy (non-hydrogen) atoms. The lowest BCUT2D eigenvalue weighted by molar-refractivity contribution is 0.103. The standard InChI is InChI=1S/C22H20N2OS/c1-3-7-18-15-21(26-16(18)2)22(25)24-20-10-6-8-17(14-20)11-12-19-9-4-5-13-23-19/h4-6,8-10,13-15H,3,7H2,1-2H3,(H,24,25). The van der Waals surface area contributed by atoms with Crippen LogP contribution in [0.4, 0.5) is 5.69 Å². The summed E-state index contributed by atoms with van der Waals surface area (Å²) in [6.45, 7) is 4.22. The maximum absolute atomic E-state index is 12.5. The third kappa shape index (κ3) is 4.59. The van der Waals surface area contributed by atoms with Gasteiger partial charge in [-0.05, 0) is 61.2 Å². The van der Waals surface area contributed by atoms with Gasteiger partial charge in [0.1, 0.15) is 5.69 Å². The highest BCUT2D eigenvalue weighted by Gasteiger charge is 2.12. The zero-order valence-electron chi connectivity index (χ0n) is 14.9. The molecule has 0 aliphatic carbocycles. The Hall–Kier alpha value is -2.90. The third-order valence-corrected chi connectivity index (χ3v) is 4.98. The lowest BCUT2D eigenvalue weighted by Gasteiger charge is -2.03. The molecule has 2 aromatic heterocycles. The Morgan fingerprint density at radius 1 is 1.15 bits per heavy atom. The van der Waals surface area contributed by atoms with E-state index in [1.807, 2.05) is 48.5 Å². The number of amides is 1. The molecule has 0 aliphatic heterocycles. The van der Waals surface area contributed by atoms with E-state index >= 15 is 0 Å². The fourth-order valence-electron chi connectivity index (χ4n) is 2.59. The monoisotopic (exact) mass is 360 g/mol. The number of thiophene rings is 1. The quantitative estimate of drug-likeness (QED) is 0.661. The Balaban J connectivity index is 1.73. The van der Waals surface area contributed by atoms with Gasteiger partial charge in [0, 0.05) is 22.3 Å². The Kier molecular flexibility index (Phi) is 5.83. The molecule has 0 radical (unpaired) electrons. The van der Waals surface area contributed by atoms with Crippen LogP contribution in [0.5, 0.6) is 0 Å². The van der Waals surface area contributed by atoms with Crippen LogP contribution in [0, 0.1) is 18.8 Å². The zero-order chi connectivity index (χ0) is 18.4. The van der Waals surface area contributed by atoms with Crippen LogP contribution in [0.2, 0.25) is 0 Å². The van der Waals surface area contributed by atoms with E-state index < -0.39 is 0 Å². The topological polar surface area (TPSA) is 42.0 Å². The molecule has 2 heterocycles. The highest BCUT2D eigenvalue weighted by atomic mass is 32.1. The molecule has 4 heteroatoms. The molecule has 1 amide bonds. The van der Waals surface area contributed by atoms with Crippen LogP contribution in [0.25, 0.3) is 0 Å². The molecule has 1 aromatic carbocycles. The number of aromatic nitrogens is 1. The van der Waals surface area contributed by atoms with Crippen LogP contribution in [-0.4, -0.2) is 10.9 Å². The van der Waals surface area contributed by atoms with E-state index in [1.54, 1.807) is 17.5 Å². The molecule has 3 rings (SSSR count). The number of pyridine rings is 1. The van der Waals surface area contributed by atoms with Crippen LogP contribution in [0.1, 0.15) is 44.7 Å². The van der Waals surface area contributed by atoms with Crippen LogP contribution in [-0.2, 0) is 6.42 Å². The molecule has 0 bridgehead atoms. The first-order chi connectivity index (χ1) is 12.7. The van der Waals surface area contributed by atoms with Crippen molar-refractivity contribution >= 4 is 22.9 Å². The van der Waals surface area contributed by atoms with Gasteiger partial charge in [-0.25, -0.2) is 4.98 Å². The minimum atomic E-state index is -0.0738. The first kappa shape index (κ1) is 17.9. The van der Waals surface area contributed by atoms with Crippen molar-refractivity contribution in [3.05, 3.63) is 81.3 Å². The zero-order valence-corrected chi connectivity index (χ0v) is 15.7. The lowest BCUT2D eigenvalue weighted by Crippen LogP contribution is -2.10. The first-order valence-corrected chi connectivity index (χ1v) is 9.41. The molecular formula is C22H20N2OS. The lowest BCUT2D eigenvalue weighted by atomic mass is 10.1. The number of nitrogens with zero attached hydrogens (tertiary/aromatic N) is 1. The second kappa shape index (κ2) is 8.46. The van der Waals surface area contributed by atoms with Crippen LogP contribution in [0.3, 0.4) is 0 Å². The molecule has 130 valence electrons. The molecule has 0 saturated heterocycles. The molecule has 3 nitrogen and oxygen atoms in total. The number of benzene rings is 1. The van der Waals surface area contributed by atoms with Crippen molar-refractivity contribution in [3.8, 4) is 11.8 Å². The Morgan fingerprint density at radius 2 is 2.04 bits per heavy atom. The van der Waals surface area contributed by atoms with Gasteiger partial charge >= 0.3 is 0 Å². The summed E-state index contributed by atoms with van der Waals surface area (Å²) in [5.41, 5.74) is 3.56. The summed E-state index contributed by atoms with van der Waals surface area (Å²) in [4.78, 5) is 18.7. The molecule has 0 aliphatic rings. The third-order valence-electron chi connectivity index (χ3n) is 3.88. The molecule has 0 fully saturated rings. The second-order valence-electron chi connectivity index (χ2n) is 5.94. The maximum atomic E-state index is 12.5. The Bertz CT molecular complexity index is 965. The van der Waals surface area contributed by atoms with E-state index in [-0.39, 0.29) is 5.91 Å². The largest absolute Gasteiger partial charge is 0.321 e. The van der Waals surface area contributed by atoms with Crippen LogP contribution >= 0.6 is 11.3 Å². The number of hydrogen-bond acceptors (Lipinski definition) is 3. The van der Waals surface area contributed by atoms with Crippen LogP contribution in [0.15, 0.2) is 54.7 Å². The van der Waals surface area contributed by atoms with E-state index in [2.05, 4.69) is 36.0 Å². The van der Waals surface area contributed by atoms with Gasteiger partial charge in [0.05, 0.1) is 4.88 Å². The summed E-state index contributed by atoms with van der Waals surface area (Å²) >= 11 is 1.55. The summed E-state index contributed by atoms with van der Waals surface area (Å²) < 4.78 is 0. The van der Waals surface area contributed by atoms with E-state index in [0.29, 0.717) is 0 Å². The normalized spacial score (nSPS) is 10.1. The van der Waals surface area contributed by atoms with Gasteiger partial charge in [0.15, 0.2) is 0 Å². The molecule has 0 saturated carbocycles. The SMILES string of the molecule is CCCc1cc(C(=O)Nc2cccc(C#Cc3ccccn3)c2)sc1C. The number of rotatable bonds is 4. The van der Waals surface area contributed by atoms with Gasteiger partial charge in [-0.15, -0.1) is 11.3 Å². The van der Waals surface area contributed by atoms with Crippen molar-refractivity contribution in [2.45, 2.75) is 26.7 Å². The van der Waals surface area contributed by atoms with Crippen molar-refractivity contribution in [1.82, 2.24) is 4.98 Å². The fourth-order valence-corrected chi connectivity index (χ4v) is 3.56. The Labute approximate surface area is 158 Å². The number of hydrogen-bond donors (Lipinski definition) is 1. The van der Waals surface area contributed by atoms with Gasteiger partial charge in [0.2, 0.25) is 0 Å². The summed E-state index contributed by atoms with van der Waals surface area (Å²) in [6, 6.07) is 15.2. The van der Waals surface area contributed by atoms with Crippen molar-refractivity contribution in [2.24, 2.45) is 0 Å². The molecule has 0 atom stereocenters. The predicted octanol–water partition coefficient (Wildman–Crippen LogP) is 5.06. The van der Waals surface area contributed by atoms with Gasteiger partial charge in [0.25, 0.3) is 5.91 Å². The maximum Gasteiger partial charge on any atom is 0.265 e. The van der Waals surface area contributed by atoms with E-state index in [9.17, 15) is 4.79 Å². The minimum absolute atomic E-state index is 0.0738. The van der Waals surface area contributed by atoms with Gasteiger partial charge in [-0.1, -0.05) is 31.4 Å². The van der Waals surface area contributed by atoms with E-state index in [0.717, 1.165) is 34.7 Å². The number of carbonyl (C=O) groups is 1. The average Bonchev–Trinajstić information content (AvgIpc) is 3.02. The van der Waals surface area contributed by atoms with Gasteiger partial charge in [-0.3, -0.25) is 4.79 Å². The second-order valence-corrected chi connectivity index (χ2v) is 7.20. The number of aryl methyl sites for hydroxylation is 2. The highest BCUT2D eigenvalue weighted by Crippen LogP contribution is 2.24. The van der Waals surface area contributed by atoms with Crippen molar-refractivity contribution in [2.75, 3.05) is 5.32 Å². The summed E-state index contributed by atoms with van der Waals surface area (Å²) in [5.74, 6) is 6.04. The molecule has 3 aromatic rings. The molecular weight excluding hydrogens is 340 g/mol. The van der Waals surface area contributed by atoms with Crippen molar-refractivity contribution in [3.63, 3.8) is 0 Å². The number of anilines is 1. The molecule has 0 unspecified atom stereocenters. The number of carbonyl (C=O) groups excluding carboxylic acids is 1. The van der Waals surface area contributed by atoms with E-state index in [1.165, 1.54) is 10.4 Å². The molecule has 0 spiro atoms. The smallest absolute Gasteiger partial charge is 0.265 e. The van der Waals surface area contributed by atoms with Crippen molar-refractivity contribution < 1.29 is 4.79 Å².